The molecule has 4 nitrogen and oxygen atoms in total. The molecule has 148 valence electrons. The highest BCUT2D eigenvalue weighted by atomic mass is 16.1. The Hall–Kier alpha value is -3.66. The minimum Gasteiger partial charge on any atom is -0.345 e. The Morgan fingerprint density at radius 2 is 1.77 bits per heavy atom. The molecule has 1 aliphatic rings. The first kappa shape index (κ1) is 18.4. The summed E-state index contributed by atoms with van der Waals surface area (Å²) in [5.41, 5.74) is 6.45. The maximum absolute atomic E-state index is 13.2. The molecule has 1 heterocycles. The lowest BCUT2D eigenvalue weighted by Gasteiger charge is -2.16. The minimum atomic E-state index is -0.0204. The van der Waals surface area contributed by atoms with Crippen LogP contribution in [0.15, 0.2) is 91.3 Å². The van der Waals surface area contributed by atoms with Crippen LogP contribution in [0.5, 0.6) is 0 Å². The van der Waals surface area contributed by atoms with Crippen molar-refractivity contribution in [3.05, 3.63) is 114 Å². The van der Waals surface area contributed by atoms with Gasteiger partial charge in [0.2, 0.25) is 0 Å². The number of amides is 1. The van der Waals surface area contributed by atoms with E-state index in [1.54, 1.807) is 6.20 Å². The molecule has 0 aliphatic heterocycles. The molecule has 5 rings (SSSR count). The van der Waals surface area contributed by atoms with Gasteiger partial charge in [-0.05, 0) is 52.8 Å². The van der Waals surface area contributed by atoms with Gasteiger partial charge in [-0.3, -0.25) is 9.48 Å². The molecule has 30 heavy (non-hydrogen) atoms. The number of aromatic nitrogens is 2. The van der Waals surface area contributed by atoms with Gasteiger partial charge >= 0.3 is 0 Å². The standard InChI is InChI=1S/C26H23N3O/c30-26(28-25-15-14-20-6-1-2-8-23(20)25)24-9-4-3-7-22(24)21-12-10-19(11-13-21)18-29-17-5-16-27-29/h1-13,16-17,25H,14-15,18H2,(H,28,30). The molecule has 0 saturated heterocycles. The number of carbonyl (C=O) groups excluding carboxylic acids is 1. The van der Waals surface area contributed by atoms with Crippen LogP contribution in [0.4, 0.5) is 0 Å². The topological polar surface area (TPSA) is 46.9 Å². The Balaban J connectivity index is 1.37. The lowest BCUT2D eigenvalue weighted by molar-refractivity contribution is 0.0937. The van der Waals surface area contributed by atoms with Gasteiger partial charge in [0.1, 0.15) is 0 Å². The average molecular weight is 393 g/mol. The Labute approximate surface area is 176 Å². The zero-order chi connectivity index (χ0) is 20.3. The van der Waals surface area contributed by atoms with Gasteiger partial charge in [-0.1, -0.05) is 66.7 Å². The van der Waals surface area contributed by atoms with Crippen molar-refractivity contribution in [1.29, 1.82) is 0 Å². The van der Waals surface area contributed by atoms with Gasteiger partial charge in [0.05, 0.1) is 12.6 Å². The molecule has 0 radical (unpaired) electrons. The van der Waals surface area contributed by atoms with Crippen molar-refractivity contribution < 1.29 is 4.79 Å². The van der Waals surface area contributed by atoms with E-state index in [1.165, 1.54) is 16.7 Å². The fraction of sp³-hybridized carbons (Fsp3) is 0.154. The van der Waals surface area contributed by atoms with Crippen LogP contribution < -0.4 is 5.32 Å². The molecule has 0 saturated carbocycles. The SMILES string of the molecule is O=C(NC1CCc2ccccc21)c1ccccc1-c1ccc(Cn2cccn2)cc1. The van der Waals surface area contributed by atoms with Crippen LogP contribution in [0.2, 0.25) is 0 Å². The molecule has 4 aromatic rings. The molecular formula is C26H23N3O. The molecule has 0 fully saturated rings. The fourth-order valence-electron chi connectivity index (χ4n) is 4.25. The maximum Gasteiger partial charge on any atom is 0.252 e. The summed E-state index contributed by atoms with van der Waals surface area (Å²) in [5, 5.41) is 7.51. The van der Waals surface area contributed by atoms with Gasteiger partial charge in [-0.25, -0.2) is 0 Å². The van der Waals surface area contributed by atoms with Crippen molar-refractivity contribution in [1.82, 2.24) is 15.1 Å². The summed E-state index contributed by atoms with van der Waals surface area (Å²) in [4.78, 5) is 13.2. The van der Waals surface area contributed by atoms with Crippen LogP contribution in [-0.2, 0) is 13.0 Å². The third-order valence-electron chi connectivity index (χ3n) is 5.78. The number of hydrogen-bond donors (Lipinski definition) is 1. The summed E-state index contributed by atoms with van der Waals surface area (Å²) in [6.45, 7) is 0.733. The predicted molar refractivity (Wildman–Crippen MR) is 118 cm³/mol. The van der Waals surface area contributed by atoms with Gasteiger partial charge in [0.15, 0.2) is 0 Å². The van der Waals surface area contributed by atoms with Crippen LogP contribution >= 0.6 is 0 Å². The van der Waals surface area contributed by atoms with E-state index < -0.39 is 0 Å². The average Bonchev–Trinajstić information content (AvgIpc) is 3.45. The molecule has 0 bridgehead atoms. The molecule has 1 N–H and O–H groups in total. The monoisotopic (exact) mass is 393 g/mol. The number of rotatable bonds is 5. The second kappa shape index (κ2) is 7.99. The molecule has 1 aliphatic carbocycles. The van der Waals surface area contributed by atoms with Crippen LogP contribution in [0.1, 0.15) is 39.5 Å². The maximum atomic E-state index is 13.2. The van der Waals surface area contributed by atoms with E-state index in [-0.39, 0.29) is 11.9 Å². The van der Waals surface area contributed by atoms with Gasteiger partial charge < -0.3 is 5.32 Å². The summed E-state index contributed by atoms with van der Waals surface area (Å²) in [6, 6.07) is 26.6. The van der Waals surface area contributed by atoms with Crippen molar-refractivity contribution in [2.45, 2.75) is 25.4 Å². The number of nitrogens with zero attached hydrogens (tertiary/aromatic N) is 2. The van der Waals surface area contributed by atoms with Crippen molar-refractivity contribution >= 4 is 5.91 Å². The van der Waals surface area contributed by atoms with E-state index in [0.29, 0.717) is 5.56 Å². The van der Waals surface area contributed by atoms with E-state index in [0.717, 1.165) is 30.5 Å². The number of nitrogens with one attached hydrogen (secondary N) is 1. The van der Waals surface area contributed by atoms with Gasteiger partial charge in [-0.15, -0.1) is 0 Å². The molecule has 4 heteroatoms. The number of hydrogen-bond acceptors (Lipinski definition) is 2. The van der Waals surface area contributed by atoms with Crippen LogP contribution in [0.3, 0.4) is 0 Å². The number of fused-ring (bicyclic) bond motifs is 1. The third-order valence-corrected chi connectivity index (χ3v) is 5.78. The van der Waals surface area contributed by atoms with E-state index in [4.69, 9.17) is 0 Å². The Kier molecular flexibility index (Phi) is 4.89. The highest BCUT2D eigenvalue weighted by Gasteiger charge is 2.24. The van der Waals surface area contributed by atoms with E-state index in [9.17, 15) is 4.79 Å². The third kappa shape index (κ3) is 3.64. The fourth-order valence-corrected chi connectivity index (χ4v) is 4.25. The summed E-state index contributed by atoms with van der Waals surface area (Å²) in [7, 11) is 0. The second-order valence-corrected chi connectivity index (χ2v) is 7.71. The normalized spacial score (nSPS) is 15.0. The number of aryl methyl sites for hydroxylation is 1. The lowest BCUT2D eigenvalue weighted by atomic mass is 9.97. The summed E-state index contributed by atoms with van der Waals surface area (Å²) in [5.74, 6) is -0.0204. The number of benzene rings is 3. The van der Waals surface area contributed by atoms with Crippen LogP contribution in [-0.4, -0.2) is 15.7 Å². The highest BCUT2D eigenvalue weighted by Crippen LogP contribution is 2.32. The van der Waals surface area contributed by atoms with Crippen LogP contribution in [0, 0.1) is 0 Å². The van der Waals surface area contributed by atoms with E-state index in [1.807, 2.05) is 47.3 Å². The van der Waals surface area contributed by atoms with E-state index in [2.05, 4.69) is 52.9 Å². The Bertz CT molecular complexity index is 1160. The zero-order valence-electron chi connectivity index (χ0n) is 16.7. The molecule has 1 amide bonds. The van der Waals surface area contributed by atoms with Crippen molar-refractivity contribution in [3.63, 3.8) is 0 Å². The highest BCUT2D eigenvalue weighted by molar-refractivity contribution is 6.01. The van der Waals surface area contributed by atoms with Crippen molar-refractivity contribution in [2.75, 3.05) is 0 Å². The second-order valence-electron chi connectivity index (χ2n) is 7.71. The van der Waals surface area contributed by atoms with Gasteiger partial charge in [0, 0.05) is 18.0 Å². The smallest absolute Gasteiger partial charge is 0.252 e. The Morgan fingerprint density at radius 3 is 2.60 bits per heavy atom. The van der Waals surface area contributed by atoms with Gasteiger partial charge in [-0.2, -0.15) is 5.10 Å². The summed E-state index contributed by atoms with van der Waals surface area (Å²) >= 11 is 0. The Morgan fingerprint density at radius 1 is 0.967 bits per heavy atom. The molecule has 1 aromatic heterocycles. The first-order valence-corrected chi connectivity index (χ1v) is 10.3. The summed E-state index contributed by atoms with van der Waals surface area (Å²) in [6.07, 6.45) is 5.70. The first-order chi connectivity index (χ1) is 14.8. The first-order valence-electron chi connectivity index (χ1n) is 10.3. The van der Waals surface area contributed by atoms with Crippen molar-refractivity contribution in [3.8, 4) is 11.1 Å². The predicted octanol–water partition coefficient (Wildman–Crippen LogP) is 5.02. The quantitative estimate of drug-likeness (QED) is 0.518. The van der Waals surface area contributed by atoms with Gasteiger partial charge in [0.25, 0.3) is 5.91 Å². The largest absolute Gasteiger partial charge is 0.345 e. The lowest BCUT2D eigenvalue weighted by Crippen LogP contribution is -2.27. The molecular weight excluding hydrogens is 370 g/mol. The van der Waals surface area contributed by atoms with Crippen molar-refractivity contribution in [2.24, 2.45) is 0 Å². The van der Waals surface area contributed by atoms with E-state index >= 15 is 0 Å². The molecule has 1 unspecified atom stereocenters. The molecule has 3 aromatic carbocycles. The molecule has 0 spiro atoms. The van der Waals surface area contributed by atoms with Crippen LogP contribution in [0.25, 0.3) is 11.1 Å². The minimum absolute atomic E-state index is 0.0204. The summed E-state index contributed by atoms with van der Waals surface area (Å²) < 4.78 is 1.90. The number of carbonyl (C=O) groups is 1. The molecule has 1 atom stereocenters. The zero-order valence-corrected chi connectivity index (χ0v) is 16.7.